The van der Waals surface area contributed by atoms with Crippen molar-refractivity contribution in [2.45, 2.75) is 26.7 Å². The van der Waals surface area contributed by atoms with Gasteiger partial charge in [0.1, 0.15) is 0 Å². The Morgan fingerprint density at radius 2 is 1.42 bits per heavy atom. The van der Waals surface area contributed by atoms with Gasteiger partial charge in [-0.25, -0.2) is 0 Å². The summed E-state index contributed by atoms with van der Waals surface area (Å²) in [4.78, 5) is 2.29. The van der Waals surface area contributed by atoms with Gasteiger partial charge in [0.2, 0.25) is 0 Å². The van der Waals surface area contributed by atoms with Gasteiger partial charge in [-0.15, -0.1) is 0 Å². The molecule has 0 radical (unpaired) electrons. The first-order valence-corrected chi connectivity index (χ1v) is 4.51. The first kappa shape index (κ1) is 14.4. The van der Waals surface area contributed by atoms with Gasteiger partial charge < -0.3 is 10.0 Å². The summed E-state index contributed by atoms with van der Waals surface area (Å²) >= 11 is 0. The Hall–Kier alpha value is -0.160. The number of rotatable bonds is 6. The summed E-state index contributed by atoms with van der Waals surface area (Å²) < 4.78 is 0. The van der Waals surface area contributed by atoms with E-state index in [0.29, 0.717) is 6.61 Å². The molecule has 0 aliphatic heterocycles. The molecule has 0 fully saturated rings. The Balaban J connectivity index is 0. The average Bonchev–Trinajstić information content (AvgIpc) is 2.10. The first-order valence-electron chi connectivity index (χ1n) is 4.51. The van der Waals surface area contributed by atoms with Gasteiger partial charge in [0.05, 0.1) is 6.61 Å². The van der Waals surface area contributed by atoms with Crippen LogP contribution in [0.5, 0.6) is 0 Å². The van der Waals surface area contributed by atoms with Gasteiger partial charge in [-0.1, -0.05) is 13.8 Å². The highest BCUT2D eigenvalue weighted by Crippen LogP contribution is 1.91. The van der Waals surface area contributed by atoms with E-state index in [1.54, 1.807) is 0 Å². The third-order valence-corrected chi connectivity index (χ3v) is 1.50. The Morgan fingerprint density at radius 1 is 1.00 bits per heavy atom. The van der Waals surface area contributed by atoms with Crippen molar-refractivity contribution in [2.75, 3.05) is 26.2 Å². The van der Waals surface area contributed by atoms with E-state index < -0.39 is 0 Å². The lowest BCUT2D eigenvalue weighted by Gasteiger charge is -2.18. The zero-order chi connectivity index (χ0) is 9.82. The number of nitrogens with two attached hydrogens (primary N) is 2. The standard InChI is InChI=1S/C8H19NO.H4N2/c1-3-5-9(6-4-2)7-8-10;1-2/h10H,3-8H2,1-2H3;1-2H2. The molecule has 0 heterocycles. The van der Waals surface area contributed by atoms with Crippen molar-refractivity contribution in [3.8, 4) is 0 Å². The number of hydrogen-bond donors (Lipinski definition) is 3. The molecule has 0 aliphatic rings. The second kappa shape index (κ2) is 13.4. The number of aliphatic hydroxyl groups excluding tert-OH is 1. The smallest absolute Gasteiger partial charge is 0.0558 e. The van der Waals surface area contributed by atoms with Crippen LogP contribution in [0.1, 0.15) is 26.7 Å². The molecule has 76 valence electrons. The molecule has 0 aliphatic carbocycles. The molecule has 0 amide bonds. The van der Waals surface area contributed by atoms with E-state index in [4.69, 9.17) is 5.11 Å². The molecule has 0 bridgehead atoms. The Kier molecular flexibility index (Phi) is 16.1. The summed E-state index contributed by atoms with van der Waals surface area (Å²) in [5.74, 6) is 8.00. The molecule has 0 aromatic rings. The zero-order valence-corrected chi connectivity index (χ0v) is 8.29. The lowest BCUT2D eigenvalue weighted by molar-refractivity contribution is 0.196. The third-order valence-electron chi connectivity index (χ3n) is 1.50. The molecule has 0 rings (SSSR count). The predicted molar refractivity (Wildman–Crippen MR) is 52.5 cm³/mol. The molecule has 0 saturated heterocycles. The maximum absolute atomic E-state index is 8.65. The van der Waals surface area contributed by atoms with Crippen LogP contribution in [0.2, 0.25) is 0 Å². The van der Waals surface area contributed by atoms with Gasteiger partial charge in [-0.3, -0.25) is 11.7 Å². The fourth-order valence-electron chi connectivity index (χ4n) is 1.11. The summed E-state index contributed by atoms with van der Waals surface area (Å²) in [6.07, 6.45) is 2.36. The molecule has 12 heavy (non-hydrogen) atoms. The average molecular weight is 177 g/mol. The Bertz CT molecular complexity index is 57.1. The molecule has 0 unspecified atom stereocenters. The lowest BCUT2D eigenvalue weighted by Crippen LogP contribution is -2.28. The minimum absolute atomic E-state index is 0.292. The van der Waals surface area contributed by atoms with Gasteiger partial charge in [-0.2, -0.15) is 0 Å². The van der Waals surface area contributed by atoms with Crippen LogP contribution in [0.3, 0.4) is 0 Å². The summed E-state index contributed by atoms with van der Waals surface area (Å²) in [5.41, 5.74) is 0. The van der Waals surface area contributed by atoms with Gasteiger partial charge in [0, 0.05) is 6.54 Å². The van der Waals surface area contributed by atoms with Gasteiger partial charge in [-0.05, 0) is 25.9 Å². The fraction of sp³-hybridized carbons (Fsp3) is 1.00. The van der Waals surface area contributed by atoms with Crippen LogP contribution < -0.4 is 11.7 Å². The van der Waals surface area contributed by atoms with Crippen molar-refractivity contribution in [1.82, 2.24) is 4.90 Å². The molecule has 4 nitrogen and oxygen atoms in total. The largest absolute Gasteiger partial charge is 0.395 e. The summed E-state index contributed by atoms with van der Waals surface area (Å²) in [6.45, 7) is 7.70. The fourth-order valence-corrected chi connectivity index (χ4v) is 1.11. The minimum Gasteiger partial charge on any atom is -0.395 e. The Morgan fingerprint density at radius 3 is 1.67 bits per heavy atom. The molecule has 0 spiro atoms. The number of hydrazine groups is 1. The number of aliphatic hydroxyl groups is 1. The normalized spacial score (nSPS) is 9.50. The maximum Gasteiger partial charge on any atom is 0.0558 e. The summed E-state index contributed by atoms with van der Waals surface area (Å²) in [6, 6.07) is 0. The highest BCUT2D eigenvalue weighted by atomic mass is 16.3. The highest BCUT2D eigenvalue weighted by molar-refractivity contribution is 4.53. The van der Waals surface area contributed by atoms with Crippen molar-refractivity contribution in [2.24, 2.45) is 11.7 Å². The SMILES string of the molecule is CCCN(CCC)CCO.NN. The van der Waals surface area contributed by atoms with Crippen LogP contribution >= 0.6 is 0 Å². The monoisotopic (exact) mass is 177 g/mol. The van der Waals surface area contributed by atoms with Gasteiger partial charge >= 0.3 is 0 Å². The molecule has 4 heteroatoms. The number of hydrogen-bond acceptors (Lipinski definition) is 4. The van der Waals surface area contributed by atoms with Crippen molar-refractivity contribution >= 4 is 0 Å². The molecule has 5 N–H and O–H groups in total. The summed E-state index contributed by atoms with van der Waals surface area (Å²) in [7, 11) is 0. The highest BCUT2D eigenvalue weighted by Gasteiger charge is 1.98. The van der Waals surface area contributed by atoms with Crippen molar-refractivity contribution < 1.29 is 5.11 Å². The van der Waals surface area contributed by atoms with Crippen molar-refractivity contribution in [1.29, 1.82) is 0 Å². The van der Waals surface area contributed by atoms with Crippen LogP contribution in [0.4, 0.5) is 0 Å². The van der Waals surface area contributed by atoms with Crippen LogP contribution in [0.25, 0.3) is 0 Å². The van der Waals surface area contributed by atoms with Crippen LogP contribution in [-0.4, -0.2) is 36.2 Å². The first-order chi connectivity index (χ1) is 5.85. The van der Waals surface area contributed by atoms with Crippen molar-refractivity contribution in [3.63, 3.8) is 0 Å². The van der Waals surface area contributed by atoms with Crippen LogP contribution in [-0.2, 0) is 0 Å². The molecular weight excluding hydrogens is 154 g/mol. The maximum atomic E-state index is 8.65. The van der Waals surface area contributed by atoms with E-state index in [0.717, 1.165) is 19.6 Å². The Labute approximate surface area is 75.5 Å². The van der Waals surface area contributed by atoms with E-state index in [1.807, 2.05) is 0 Å². The van der Waals surface area contributed by atoms with E-state index in [2.05, 4.69) is 30.4 Å². The van der Waals surface area contributed by atoms with Crippen LogP contribution in [0.15, 0.2) is 0 Å². The van der Waals surface area contributed by atoms with Gasteiger partial charge in [0.15, 0.2) is 0 Å². The van der Waals surface area contributed by atoms with Crippen LogP contribution in [0, 0.1) is 0 Å². The zero-order valence-electron chi connectivity index (χ0n) is 8.29. The second-order valence-electron chi connectivity index (χ2n) is 2.57. The van der Waals surface area contributed by atoms with E-state index in [-0.39, 0.29) is 0 Å². The molecule has 0 atom stereocenters. The van der Waals surface area contributed by atoms with Crippen molar-refractivity contribution in [3.05, 3.63) is 0 Å². The van der Waals surface area contributed by atoms with E-state index >= 15 is 0 Å². The lowest BCUT2D eigenvalue weighted by atomic mass is 10.3. The van der Waals surface area contributed by atoms with E-state index in [1.165, 1.54) is 12.8 Å². The molecular formula is C8H23N3O. The topological polar surface area (TPSA) is 75.5 Å². The second-order valence-corrected chi connectivity index (χ2v) is 2.57. The number of nitrogens with zero attached hydrogens (tertiary/aromatic N) is 1. The molecule has 0 saturated carbocycles. The van der Waals surface area contributed by atoms with E-state index in [9.17, 15) is 0 Å². The molecule has 0 aromatic carbocycles. The summed E-state index contributed by atoms with van der Waals surface area (Å²) in [5, 5.41) is 8.65. The molecule has 0 aromatic heterocycles. The third kappa shape index (κ3) is 9.84. The van der Waals surface area contributed by atoms with Gasteiger partial charge in [0.25, 0.3) is 0 Å². The quantitative estimate of drug-likeness (QED) is 0.392. The predicted octanol–water partition coefficient (Wildman–Crippen LogP) is -0.0805. The minimum atomic E-state index is 0.292.